The minimum atomic E-state index is -1.03. The predicted octanol–water partition coefficient (Wildman–Crippen LogP) is 0.859. The van der Waals surface area contributed by atoms with Crippen molar-refractivity contribution in [3.05, 3.63) is 12.3 Å². The molecule has 0 rings (SSSR count). The summed E-state index contributed by atoms with van der Waals surface area (Å²) >= 11 is 1.53. The Hall–Kier alpha value is -1.17. The van der Waals surface area contributed by atoms with Crippen LogP contribution < -0.4 is 5.32 Å². The minimum absolute atomic E-state index is 0.196. The molecule has 0 aromatic heterocycles. The fourth-order valence-corrected chi connectivity index (χ4v) is 1.39. The van der Waals surface area contributed by atoms with Gasteiger partial charge in [-0.2, -0.15) is 11.8 Å². The van der Waals surface area contributed by atoms with Crippen molar-refractivity contribution in [3.63, 3.8) is 0 Å². The Labute approximate surface area is 99.2 Å². The van der Waals surface area contributed by atoms with Crippen LogP contribution in [-0.4, -0.2) is 41.6 Å². The summed E-state index contributed by atoms with van der Waals surface area (Å²) in [6, 6.07) is -0.853. The van der Waals surface area contributed by atoms with E-state index in [4.69, 9.17) is 9.84 Å². The molecule has 1 atom stereocenters. The number of nitrogens with one attached hydrogen (secondary N) is 1. The van der Waals surface area contributed by atoms with E-state index in [9.17, 15) is 9.59 Å². The van der Waals surface area contributed by atoms with Crippen LogP contribution in [0.4, 0.5) is 0 Å². The maximum absolute atomic E-state index is 11.3. The molecule has 0 saturated heterocycles. The topological polar surface area (TPSA) is 75.6 Å². The molecule has 2 N–H and O–H groups in total. The second kappa shape index (κ2) is 8.04. The van der Waals surface area contributed by atoms with Gasteiger partial charge in [0.1, 0.15) is 6.04 Å². The van der Waals surface area contributed by atoms with Crippen molar-refractivity contribution in [3.8, 4) is 0 Å². The molecule has 0 fully saturated rings. The van der Waals surface area contributed by atoms with E-state index in [0.29, 0.717) is 17.9 Å². The number of allylic oxidation sites excluding steroid dienone is 1. The Balaban J connectivity index is 4.02. The van der Waals surface area contributed by atoms with Gasteiger partial charge < -0.3 is 15.2 Å². The highest BCUT2D eigenvalue weighted by Crippen LogP contribution is 2.01. The Morgan fingerprint density at radius 1 is 1.56 bits per heavy atom. The quantitative estimate of drug-likeness (QED) is 0.622. The molecule has 6 heteroatoms. The number of rotatable bonds is 8. The van der Waals surface area contributed by atoms with E-state index in [2.05, 4.69) is 11.9 Å². The Morgan fingerprint density at radius 2 is 2.19 bits per heavy atom. The highest BCUT2D eigenvalue weighted by Gasteiger charge is 2.19. The van der Waals surface area contributed by atoms with Gasteiger partial charge in [0.15, 0.2) is 6.61 Å². The monoisotopic (exact) mass is 247 g/mol. The van der Waals surface area contributed by atoms with Crippen LogP contribution in [0, 0.1) is 0 Å². The van der Waals surface area contributed by atoms with Crippen LogP contribution in [0.1, 0.15) is 13.3 Å². The van der Waals surface area contributed by atoms with Gasteiger partial charge in [0.2, 0.25) is 0 Å². The van der Waals surface area contributed by atoms with E-state index >= 15 is 0 Å². The predicted molar refractivity (Wildman–Crippen MR) is 63.3 cm³/mol. The third kappa shape index (κ3) is 7.17. The maximum Gasteiger partial charge on any atom is 0.326 e. The van der Waals surface area contributed by atoms with E-state index in [1.165, 1.54) is 11.8 Å². The second-order valence-electron chi connectivity index (χ2n) is 3.23. The number of ether oxygens (including phenoxy) is 1. The van der Waals surface area contributed by atoms with Crippen LogP contribution in [0.15, 0.2) is 12.3 Å². The van der Waals surface area contributed by atoms with Crippen LogP contribution in [-0.2, 0) is 14.3 Å². The zero-order valence-electron chi connectivity index (χ0n) is 9.49. The molecule has 0 bridgehead atoms. The lowest BCUT2D eigenvalue weighted by Gasteiger charge is -2.14. The summed E-state index contributed by atoms with van der Waals surface area (Å²) in [7, 11) is 0. The van der Waals surface area contributed by atoms with Crippen molar-refractivity contribution in [2.75, 3.05) is 18.6 Å². The number of thioether (sulfide) groups is 1. The molecular formula is C10H17NO4S. The standard InChI is InChI=1S/C10H17NO4S/c1-7(2)15-6-9(12)11-8(10(13)14)4-5-16-3/h8H,1,4-6H2,2-3H3,(H,11,12)(H,13,14)/t8-/m0/s1. The van der Waals surface area contributed by atoms with E-state index < -0.39 is 17.9 Å². The molecule has 0 unspecified atom stereocenters. The van der Waals surface area contributed by atoms with Gasteiger partial charge in [0.25, 0.3) is 5.91 Å². The molecule has 0 heterocycles. The lowest BCUT2D eigenvalue weighted by Crippen LogP contribution is -2.42. The van der Waals surface area contributed by atoms with Crippen LogP contribution in [0.25, 0.3) is 0 Å². The summed E-state index contributed by atoms with van der Waals surface area (Å²) in [6.45, 7) is 4.89. The van der Waals surface area contributed by atoms with E-state index in [1.807, 2.05) is 6.26 Å². The summed E-state index contributed by atoms with van der Waals surface area (Å²) in [5.74, 6) is -0.376. The van der Waals surface area contributed by atoms with Gasteiger partial charge in [-0.15, -0.1) is 0 Å². The largest absolute Gasteiger partial charge is 0.489 e. The van der Waals surface area contributed by atoms with Gasteiger partial charge in [-0.25, -0.2) is 4.79 Å². The van der Waals surface area contributed by atoms with Crippen molar-refractivity contribution < 1.29 is 19.4 Å². The highest BCUT2D eigenvalue weighted by molar-refractivity contribution is 7.98. The first-order valence-corrected chi connectivity index (χ1v) is 6.16. The zero-order chi connectivity index (χ0) is 12.6. The average Bonchev–Trinajstić information content (AvgIpc) is 2.20. The third-order valence-corrected chi connectivity index (χ3v) is 2.34. The number of carbonyl (C=O) groups is 2. The Morgan fingerprint density at radius 3 is 2.62 bits per heavy atom. The molecule has 0 aromatic carbocycles. The molecule has 5 nitrogen and oxygen atoms in total. The molecule has 92 valence electrons. The van der Waals surface area contributed by atoms with Gasteiger partial charge in [0, 0.05) is 0 Å². The highest BCUT2D eigenvalue weighted by atomic mass is 32.2. The van der Waals surface area contributed by atoms with E-state index in [0.717, 1.165) is 0 Å². The number of carboxylic acids is 1. The van der Waals surface area contributed by atoms with Crippen molar-refractivity contribution in [2.45, 2.75) is 19.4 Å². The maximum atomic E-state index is 11.3. The van der Waals surface area contributed by atoms with Gasteiger partial charge in [-0.1, -0.05) is 6.58 Å². The molecule has 0 aromatic rings. The van der Waals surface area contributed by atoms with Crippen molar-refractivity contribution in [1.29, 1.82) is 0 Å². The number of aliphatic carboxylic acids is 1. The fourth-order valence-electron chi connectivity index (χ4n) is 0.918. The first-order valence-electron chi connectivity index (χ1n) is 4.76. The average molecular weight is 247 g/mol. The third-order valence-electron chi connectivity index (χ3n) is 1.69. The zero-order valence-corrected chi connectivity index (χ0v) is 10.3. The summed E-state index contributed by atoms with van der Waals surface area (Å²) in [4.78, 5) is 22.1. The number of carboxylic acid groups (broad SMARTS) is 1. The van der Waals surface area contributed by atoms with Gasteiger partial charge in [-0.05, 0) is 25.4 Å². The minimum Gasteiger partial charge on any atom is -0.489 e. The van der Waals surface area contributed by atoms with Crippen LogP contribution in [0.5, 0.6) is 0 Å². The smallest absolute Gasteiger partial charge is 0.326 e. The normalized spacial score (nSPS) is 11.6. The van der Waals surface area contributed by atoms with Crippen molar-refractivity contribution in [2.24, 2.45) is 0 Å². The van der Waals surface area contributed by atoms with E-state index in [-0.39, 0.29) is 6.61 Å². The van der Waals surface area contributed by atoms with E-state index in [1.54, 1.807) is 6.92 Å². The fraction of sp³-hybridized carbons (Fsp3) is 0.600. The lowest BCUT2D eigenvalue weighted by molar-refractivity contribution is -0.142. The van der Waals surface area contributed by atoms with Gasteiger partial charge in [0.05, 0.1) is 5.76 Å². The van der Waals surface area contributed by atoms with Gasteiger partial charge in [-0.3, -0.25) is 4.79 Å². The number of hydrogen-bond acceptors (Lipinski definition) is 4. The van der Waals surface area contributed by atoms with Crippen LogP contribution in [0.2, 0.25) is 0 Å². The number of carbonyl (C=O) groups excluding carboxylic acids is 1. The SMILES string of the molecule is C=C(C)OCC(=O)N[C@@H](CCSC)C(=O)O. The first kappa shape index (κ1) is 14.8. The lowest BCUT2D eigenvalue weighted by atomic mass is 10.2. The molecule has 0 saturated carbocycles. The molecule has 0 aliphatic carbocycles. The molecule has 0 aliphatic heterocycles. The first-order chi connectivity index (χ1) is 7.47. The molecule has 0 spiro atoms. The molecule has 0 aliphatic rings. The van der Waals surface area contributed by atoms with Gasteiger partial charge >= 0.3 is 5.97 Å². The molecule has 0 radical (unpaired) electrons. The summed E-state index contributed by atoms with van der Waals surface area (Å²) < 4.78 is 4.88. The summed E-state index contributed by atoms with van der Waals surface area (Å²) in [5.41, 5.74) is 0. The van der Waals surface area contributed by atoms with Crippen LogP contribution >= 0.6 is 11.8 Å². The van der Waals surface area contributed by atoms with Crippen LogP contribution in [0.3, 0.4) is 0 Å². The number of hydrogen-bond donors (Lipinski definition) is 2. The summed E-state index contributed by atoms with van der Waals surface area (Å²) in [5, 5.41) is 11.2. The molecule has 16 heavy (non-hydrogen) atoms. The number of amides is 1. The Bertz CT molecular complexity index is 268. The summed E-state index contributed by atoms with van der Waals surface area (Å²) in [6.07, 6.45) is 2.28. The second-order valence-corrected chi connectivity index (χ2v) is 4.22. The van der Waals surface area contributed by atoms with Crippen molar-refractivity contribution >= 4 is 23.6 Å². The molecular weight excluding hydrogens is 230 g/mol. The Kier molecular flexibility index (Phi) is 7.45. The molecule has 1 amide bonds. The van der Waals surface area contributed by atoms with Crippen molar-refractivity contribution in [1.82, 2.24) is 5.32 Å².